The summed E-state index contributed by atoms with van der Waals surface area (Å²) < 4.78 is 0. The molecule has 2 heterocycles. The number of nitrogens with one attached hydrogen (secondary N) is 1. The van der Waals surface area contributed by atoms with E-state index in [0.29, 0.717) is 27.7 Å². The Morgan fingerprint density at radius 3 is 2.68 bits per heavy atom. The Labute approximate surface area is 172 Å². The average Bonchev–Trinajstić information content (AvgIpc) is 3.28. The van der Waals surface area contributed by atoms with Crippen molar-refractivity contribution in [2.45, 2.75) is 19.8 Å². The molecule has 5 nitrogen and oxygen atoms in total. The molecule has 7 heteroatoms. The Morgan fingerprint density at radius 1 is 1.21 bits per heavy atom. The number of hydrogen-bond donors (Lipinski definition) is 1. The van der Waals surface area contributed by atoms with Crippen molar-refractivity contribution in [3.8, 4) is 10.6 Å². The van der Waals surface area contributed by atoms with Gasteiger partial charge in [0, 0.05) is 34.9 Å². The fraction of sp³-hybridized carbons (Fsp3) is 0.190. The van der Waals surface area contributed by atoms with Crippen molar-refractivity contribution in [3.05, 3.63) is 64.1 Å². The maximum absolute atomic E-state index is 12.7. The number of halogens is 1. The molecule has 142 valence electrons. The lowest BCUT2D eigenvalue weighted by Crippen LogP contribution is -2.23. The molecule has 1 N–H and O–H groups in total. The first kappa shape index (κ1) is 18.7. The van der Waals surface area contributed by atoms with E-state index in [1.165, 1.54) is 11.3 Å². The number of carbonyl (C=O) groups excluding carboxylic acids is 2. The quantitative estimate of drug-likeness (QED) is 0.645. The summed E-state index contributed by atoms with van der Waals surface area (Å²) in [4.78, 5) is 31.4. The third-order valence-electron chi connectivity index (χ3n) is 4.58. The van der Waals surface area contributed by atoms with Gasteiger partial charge in [0.05, 0.1) is 5.69 Å². The van der Waals surface area contributed by atoms with Gasteiger partial charge in [-0.25, -0.2) is 4.98 Å². The molecule has 4 rings (SSSR count). The summed E-state index contributed by atoms with van der Waals surface area (Å²) in [6.07, 6.45) is 1.48. The van der Waals surface area contributed by atoms with E-state index in [9.17, 15) is 9.59 Å². The first-order valence-electron chi connectivity index (χ1n) is 8.96. The van der Waals surface area contributed by atoms with Gasteiger partial charge in [0.15, 0.2) is 0 Å². The smallest absolute Gasteiger partial charge is 0.267 e. The predicted octanol–water partition coefficient (Wildman–Crippen LogP) is 5.15. The van der Waals surface area contributed by atoms with Gasteiger partial charge in [0.2, 0.25) is 5.91 Å². The third kappa shape index (κ3) is 3.79. The molecule has 3 aromatic rings. The molecule has 1 fully saturated rings. The molecule has 0 saturated carbocycles. The van der Waals surface area contributed by atoms with Crippen molar-refractivity contribution >= 4 is 46.1 Å². The maximum atomic E-state index is 12.7. The number of thiazole rings is 1. The van der Waals surface area contributed by atoms with Crippen LogP contribution in [0.5, 0.6) is 0 Å². The number of aryl methyl sites for hydroxylation is 1. The highest BCUT2D eigenvalue weighted by molar-refractivity contribution is 7.17. The minimum Gasteiger partial charge on any atom is -0.321 e. The lowest BCUT2D eigenvalue weighted by Gasteiger charge is -2.16. The van der Waals surface area contributed by atoms with Crippen LogP contribution in [0.25, 0.3) is 10.6 Å². The molecule has 1 aliphatic heterocycles. The summed E-state index contributed by atoms with van der Waals surface area (Å²) in [5.41, 5.74) is 3.10. The highest BCUT2D eigenvalue weighted by Crippen LogP contribution is 2.30. The number of anilines is 2. The van der Waals surface area contributed by atoms with Gasteiger partial charge >= 0.3 is 0 Å². The van der Waals surface area contributed by atoms with Gasteiger partial charge in [-0.1, -0.05) is 23.7 Å². The van der Waals surface area contributed by atoms with E-state index < -0.39 is 0 Å². The van der Waals surface area contributed by atoms with Gasteiger partial charge in [-0.2, -0.15) is 0 Å². The number of benzene rings is 2. The molecular weight excluding hydrogens is 394 g/mol. The van der Waals surface area contributed by atoms with E-state index in [2.05, 4.69) is 10.3 Å². The number of amides is 2. The summed E-state index contributed by atoms with van der Waals surface area (Å²) >= 11 is 7.39. The number of aromatic nitrogens is 1. The van der Waals surface area contributed by atoms with Crippen molar-refractivity contribution in [1.29, 1.82) is 0 Å². The van der Waals surface area contributed by atoms with E-state index in [0.717, 1.165) is 29.2 Å². The van der Waals surface area contributed by atoms with Crippen LogP contribution in [0.1, 0.15) is 28.2 Å². The van der Waals surface area contributed by atoms with E-state index >= 15 is 0 Å². The van der Waals surface area contributed by atoms with Crippen LogP contribution in [0.15, 0.2) is 48.5 Å². The summed E-state index contributed by atoms with van der Waals surface area (Å²) in [5, 5.41) is 4.30. The van der Waals surface area contributed by atoms with Crippen LogP contribution in [0.2, 0.25) is 5.02 Å². The summed E-state index contributed by atoms with van der Waals surface area (Å²) in [6.45, 7) is 2.57. The Morgan fingerprint density at radius 2 is 2.00 bits per heavy atom. The highest BCUT2D eigenvalue weighted by atomic mass is 35.5. The normalized spacial score (nSPS) is 13.8. The zero-order valence-electron chi connectivity index (χ0n) is 15.2. The first-order chi connectivity index (χ1) is 13.5. The molecule has 0 spiro atoms. The van der Waals surface area contributed by atoms with Crippen LogP contribution in [-0.4, -0.2) is 23.3 Å². The Hall–Kier alpha value is -2.70. The van der Waals surface area contributed by atoms with Gasteiger partial charge < -0.3 is 10.2 Å². The number of nitrogens with zero attached hydrogens (tertiary/aromatic N) is 2. The Balaban J connectivity index is 1.50. The highest BCUT2D eigenvalue weighted by Gasteiger charge is 2.22. The van der Waals surface area contributed by atoms with Crippen LogP contribution in [-0.2, 0) is 4.79 Å². The monoisotopic (exact) mass is 411 g/mol. The summed E-state index contributed by atoms with van der Waals surface area (Å²) in [6, 6.07) is 14.8. The lowest BCUT2D eigenvalue weighted by molar-refractivity contribution is -0.117. The minimum atomic E-state index is -0.201. The standard InChI is InChI=1S/C21H18ClN3O2S/c1-13-19(28-21(23-13)14-4-2-5-15(22)12-14)20(27)24-16-7-9-17(10-8-16)25-11-3-6-18(25)26/h2,4-5,7-10,12H,3,6,11H2,1H3,(H,24,27). The second-order valence-corrected chi connectivity index (χ2v) is 8.03. The predicted molar refractivity (Wildman–Crippen MR) is 113 cm³/mol. The summed E-state index contributed by atoms with van der Waals surface area (Å²) in [5.74, 6) is -0.0566. The molecule has 0 unspecified atom stereocenters. The number of carbonyl (C=O) groups is 2. The SMILES string of the molecule is Cc1nc(-c2cccc(Cl)c2)sc1C(=O)Nc1ccc(N2CCCC2=O)cc1. The third-order valence-corrected chi connectivity index (χ3v) is 6.03. The van der Waals surface area contributed by atoms with Crippen LogP contribution < -0.4 is 10.2 Å². The number of hydrogen-bond acceptors (Lipinski definition) is 4. The van der Waals surface area contributed by atoms with Crippen LogP contribution in [0.4, 0.5) is 11.4 Å². The zero-order chi connectivity index (χ0) is 19.7. The van der Waals surface area contributed by atoms with E-state index in [1.54, 1.807) is 11.0 Å². The number of rotatable bonds is 4. The molecule has 0 atom stereocenters. The lowest BCUT2D eigenvalue weighted by atomic mass is 10.2. The molecule has 1 saturated heterocycles. The van der Waals surface area contributed by atoms with E-state index in [1.807, 2.05) is 49.4 Å². The molecule has 1 aliphatic rings. The van der Waals surface area contributed by atoms with Crippen LogP contribution in [0, 0.1) is 6.92 Å². The fourth-order valence-electron chi connectivity index (χ4n) is 3.19. The fourth-order valence-corrected chi connectivity index (χ4v) is 4.33. The van der Waals surface area contributed by atoms with Gasteiger partial charge in [0.25, 0.3) is 5.91 Å². The molecule has 0 radical (unpaired) electrons. The van der Waals surface area contributed by atoms with Crippen molar-refractivity contribution in [1.82, 2.24) is 4.98 Å². The van der Waals surface area contributed by atoms with Crippen LogP contribution >= 0.6 is 22.9 Å². The second-order valence-electron chi connectivity index (χ2n) is 6.59. The molecule has 2 amide bonds. The first-order valence-corrected chi connectivity index (χ1v) is 10.2. The largest absolute Gasteiger partial charge is 0.321 e. The van der Waals surface area contributed by atoms with Crippen LogP contribution in [0.3, 0.4) is 0 Å². The van der Waals surface area contributed by atoms with Crippen molar-refractivity contribution in [2.75, 3.05) is 16.8 Å². The van der Waals surface area contributed by atoms with Gasteiger partial charge in [0.1, 0.15) is 9.88 Å². The van der Waals surface area contributed by atoms with E-state index in [-0.39, 0.29) is 11.8 Å². The van der Waals surface area contributed by atoms with Crippen molar-refractivity contribution in [2.24, 2.45) is 0 Å². The van der Waals surface area contributed by atoms with Crippen molar-refractivity contribution in [3.63, 3.8) is 0 Å². The van der Waals surface area contributed by atoms with Gasteiger partial charge in [-0.05, 0) is 49.7 Å². The molecule has 0 bridgehead atoms. The summed E-state index contributed by atoms with van der Waals surface area (Å²) in [7, 11) is 0. The maximum Gasteiger partial charge on any atom is 0.267 e. The molecule has 1 aromatic heterocycles. The van der Waals surface area contributed by atoms with Gasteiger partial charge in [-0.15, -0.1) is 11.3 Å². The minimum absolute atomic E-state index is 0.144. The Bertz CT molecular complexity index is 1050. The van der Waals surface area contributed by atoms with E-state index in [4.69, 9.17) is 11.6 Å². The molecule has 0 aliphatic carbocycles. The second kappa shape index (κ2) is 7.73. The zero-order valence-corrected chi connectivity index (χ0v) is 16.8. The molecule has 2 aromatic carbocycles. The average molecular weight is 412 g/mol. The molecular formula is C21H18ClN3O2S. The van der Waals surface area contributed by atoms with Gasteiger partial charge in [-0.3, -0.25) is 9.59 Å². The topological polar surface area (TPSA) is 62.3 Å². The molecule has 28 heavy (non-hydrogen) atoms. The Kier molecular flexibility index (Phi) is 5.15. The van der Waals surface area contributed by atoms with Crippen molar-refractivity contribution < 1.29 is 9.59 Å².